The molecule has 3 aromatic rings. The minimum atomic E-state index is -4.08. The molecule has 0 saturated carbocycles. The van der Waals surface area contributed by atoms with Crippen LogP contribution in [0.5, 0.6) is 11.5 Å². The van der Waals surface area contributed by atoms with E-state index in [2.05, 4.69) is 4.85 Å². The van der Waals surface area contributed by atoms with Gasteiger partial charge in [-0.1, -0.05) is 76.2 Å². The maximum atomic E-state index is 13.9. The van der Waals surface area contributed by atoms with E-state index in [4.69, 9.17) is 51.7 Å². The van der Waals surface area contributed by atoms with E-state index in [0.29, 0.717) is 17.9 Å². The van der Waals surface area contributed by atoms with Crippen LogP contribution in [-0.4, -0.2) is 91.9 Å². The molecule has 0 aliphatic carbocycles. The summed E-state index contributed by atoms with van der Waals surface area (Å²) in [4.78, 5) is 3.31. The van der Waals surface area contributed by atoms with Gasteiger partial charge >= 0.3 is 7.82 Å². The first-order valence-corrected chi connectivity index (χ1v) is 20.4. The summed E-state index contributed by atoms with van der Waals surface area (Å²) in [6.45, 7) is 7.96. The molecule has 4 rings (SSSR count). The van der Waals surface area contributed by atoms with Crippen LogP contribution in [0, 0.1) is 6.57 Å². The summed E-state index contributed by atoms with van der Waals surface area (Å²) in [6, 6.07) is 24.6. The Morgan fingerprint density at radius 3 is 1.96 bits per heavy atom. The van der Waals surface area contributed by atoms with Gasteiger partial charge in [-0.2, -0.15) is 0 Å². The lowest BCUT2D eigenvalue weighted by Gasteiger charge is -2.37. The normalized spacial score (nSPS) is 18.7. The molecular weight excluding hydrogens is 696 g/mol. The van der Waals surface area contributed by atoms with Crippen LogP contribution in [0.1, 0.15) is 36.0 Å². The molecule has 0 spiro atoms. The fourth-order valence-electron chi connectivity index (χ4n) is 5.42. The van der Waals surface area contributed by atoms with Crippen LogP contribution in [0.25, 0.3) is 4.85 Å². The fourth-order valence-corrected chi connectivity index (χ4v) is 8.95. The van der Waals surface area contributed by atoms with Crippen molar-refractivity contribution in [2.24, 2.45) is 0 Å². The summed E-state index contributed by atoms with van der Waals surface area (Å²) in [6.07, 6.45) is 0.369. The van der Waals surface area contributed by atoms with E-state index in [1.807, 2.05) is 78.9 Å². The molecule has 1 aliphatic heterocycles. The van der Waals surface area contributed by atoms with Gasteiger partial charge in [0.1, 0.15) is 37.7 Å². The number of hydrogen-bond donors (Lipinski definition) is 0. The van der Waals surface area contributed by atoms with Gasteiger partial charge in [-0.15, -0.1) is 0 Å². The fraction of sp³-hybridized carbons (Fsp3) is 0.472. The summed E-state index contributed by atoms with van der Waals surface area (Å²) in [7, 11) is 10.6. The van der Waals surface area contributed by atoms with Crippen LogP contribution in [0.2, 0.25) is 0 Å². The molecule has 268 valence electrons. The first-order valence-electron chi connectivity index (χ1n) is 16.4. The van der Waals surface area contributed by atoms with E-state index < -0.39 is 31.6 Å². The minimum absolute atomic E-state index is 0.0151. The monoisotopic (exact) mass is 741 g/mol. The third-order valence-electron chi connectivity index (χ3n) is 7.86. The molecule has 1 unspecified atom stereocenters. The molecule has 1 aliphatic rings. The standard InChI is InChI=1S/C36H45BNO9PS2/c1-38-20-23-45-48(39,44-22-9-25-50-49-24-8-21-40-2)47-33-26-35(37)46-34(33)27-43-36(28-10-6-5-7-11-28,29-12-16-31(41-3)17-13-29)30-14-18-32(42-4)19-15-30/h5-7,10-19,33-35H,8-9,20-27H2,2-4H3/t33-,34-,35-,48?/m1/s1. The van der Waals surface area contributed by atoms with Crippen molar-refractivity contribution >= 4 is 37.3 Å². The zero-order chi connectivity index (χ0) is 35.7. The Hall–Kier alpha value is -2.50. The highest BCUT2D eigenvalue weighted by molar-refractivity contribution is 8.76. The van der Waals surface area contributed by atoms with Gasteiger partial charge in [0, 0.05) is 31.2 Å². The Kier molecular flexibility index (Phi) is 17.0. The summed E-state index contributed by atoms with van der Waals surface area (Å²) in [5, 5.41) is 0. The van der Waals surface area contributed by atoms with Gasteiger partial charge in [-0.05, 0) is 60.2 Å². The van der Waals surface area contributed by atoms with Crippen molar-refractivity contribution in [1.82, 2.24) is 0 Å². The number of benzene rings is 3. The van der Waals surface area contributed by atoms with Crippen molar-refractivity contribution in [3.63, 3.8) is 0 Å². The lowest BCUT2D eigenvalue weighted by Crippen LogP contribution is -2.38. The number of methoxy groups -OCH3 is 3. The second-order valence-corrected chi connectivity index (χ2v) is 15.6. The average Bonchev–Trinajstić information content (AvgIpc) is 3.49. The minimum Gasteiger partial charge on any atom is -0.497 e. The molecule has 0 bridgehead atoms. The number of phosphoric acid groups is 1. The number of ether oxygens (including phenoxy) is 5. The van der Waals surface area contributed by atoms with Crippen molar-refractivity contribution in [3.8, 4) is 11.5 Å². The summed E-state index contributed by atoms with van der Waals surface area (Å²) < 4.78 is 60.5. The smallest absolute Gasteiger partial charge is 0.475 e. The molecular formula is C36H45BNO9PS2. The Morgan fingerprint density at radius 2 is 1.40 bits per heavy atom. The van der Waals surface area contributed by atoms with Crippen LogP contribution in [0.4, 0.5) is 0 Å². The van der Waals surface area contributed by atoms with Gasteiger partial charge in [0.2, 0.25) is 6.54 Å². The van der Waals surface area contributed by atoms with Crippen LogP contribution < -0.4 is 9.47 Å². The van der Waals surface area contributed by atoms with E-state index in [9.17, 15) is 4.57 Å². The van der Waals surface area contributed by atoms with Gasteiger partial charge in [0.15, 0.2) is 0 Å². The zero-order valence-corrected chi connectivity index (χ0v) is 31.3. The van der Waals surface area contributed by atoms with Gasteiger partial charge in [-0.25, -0.2) is 11.1 Å². The number of nitrogens with zero attached hydrogens (tertiary/aromatic N) is 1. The van der Waals surface area contributed by atoms with Crippen molar-refractivity contribution in [2.45, 2.75) is 43.1 Å². The molecule has 50 heavy (non-hydrogen) atoms. The molecule has 4 atom stereocenters. The largest absolute Gasteiger partial charge is 0.497 e. The molecule has 10 nitrogen and oxygen atoms in total. The molecule has 1 fully saturated rings. The van der Waals surface area contributed by atoms with E-state index in [1.54, 1.807) is 42.9 Å². The Labute approximate surface area is 305 Å². The molecule has 3 aromatic carbocycles. The maximum Gasteiger partial charge on any atom is 0.475 e. The lowest BCUT2D eigenvalue weighted by molar-refractivity contribution is -0.0744. The summed E-state index contributed by atoms with van der Waals surface area (Å²) in [5.41, 5.74) is 1.47. The second-order valence-electron chi connectivity index (χ2n) is 11.2. The molecule has 0 N–H and O–H groups in total. The Morgan fingerprint density at radius 1 is 0.840 bits per heavy atom. The van der Waals surface area contributed by atoms with E-state index in [0.717, 1.165) is 41.2 Å². The summed E-state index contributed by atoms with van der Waals surface area (Å²) in [5.74, 6) is 3.19. The number of hydrogen-bond acceptors (Lipinski definition) is 11. The van der Waals surface area contributed by atoms with Crippen molar-refractivity contribution in [1.29, 1.82) is 0 Å². The molecule has 2 radical (unpaired) electrons. The van der Waals surface area contributed by atoms with E-state index in [-0.39, 0.29) is 32.8 Å². The van der Waals surface area contributed by atoms with Crippen LogP contribution in [0.3, 0.4) is 0 Å². The van der Waals surface area contributed by atoms with Crippen molar-refractivity contribution < 1.29 is 41.8 Å². The van der Waals surface area contributed by atoms with E-state index >= 15 is 0 Å². The average molecular weight is 742 g/mol. The number of rotatable bonds is 23. The van der Waals surface area contributed by atoms with Crippen molar-refractivity contribution in [2.75, 3.05) is 65.8 Å². The zero-order valence-electron chi connectivity index (χ0n) is 28.8. The first-order chi connectivity index (χ1) is 24.4. The third-order valence-corrected chi connectivity index (χ3v) is 12.0. The Balaban J connectivity index is 1.56. The van der Waals surface area contributed by atoms with Crippen LogP contribution in [-0.2, 0) is 37.9 Å². The van der Waals surface area contributed by atoms with Gasteiger partial charge in [0.05, 0.1) is 33.5 Å². The quantitative estimate of drug-likeness (QED) is 0.0241. The topological polar surface area (TPSA) is 95.3 Å². The molecule has 0 aromatic heterocycles. The highest BCUT2D eigenvalue weighted by Crippen LogP contribution is 2.53. The molecule has 1 heterocycles. The van der Waals surface area contributed by atoms with E-state index in [1.165, 1.54) is 0 Å². The predicted molar refractivity (Wildman–Crippen MR) is 199 cm³/mol. The number of phosphoric ester groups is 1. The first kappa shape index (κ1) is 40.3. The highest BCUT2D eigenvalue weighted by Gasteiger charge is 2.44. The maximum absolute atomic E-state index is 13.9. The lowest BCUT2D eigenvalue weighted by atomic mass is 9.80. The van der Waals surface area contributed by atoms with Crippen molar-refractivity contribution in [3.05, 3.63) is 107 Å². The second kappa shape index (κ2) is 21.1. The molecule has 1 saturated heterocycles. The van der Waals surface area contributed by atoms with Gasteiger partial charge in [0.25, 0.3) is 0 Å². The molecule has 0 amide bonds. The highest BCUT2D eigenvalue weighted by atomic mass is 33.1. The van der Waals surface area contributed by atoms with Crippen LogP contribution >= 0.6 is 29.4 Å². The predicted octanol–water partition coefficient (Wildman–Crippen LogP) is 7.55. The SMILES string of the molecule is [B][C@H]1C[C@@H](OP(=O)(OCCCSSCCCOC)OCC[N+]#[C-])[C@@H](COC(c2ccccc2)(c2ccc(OC)cc2)c2ccc(OC)cc2)O1. The van der Waals surface area contributed by atoms with Gasteiger partial charge < -0.3 is 28.5 Å². The Bertz CT molecular complexity index is 1450. The third kappa shape index (κ3) is 11.5. The van der Waals surface area contributed by atoms with Gasteiger partial charge in [-0.3, -0.25) is 13.6 Å². The van der Waals surface area contributed by atoms with Crippen LogP contribution in [0.15, 0.2) is 78.9 Å². The molecule has 14 heteroatoms. The summed E-state index contributed by atoms with van der Waals surface area (Å²) >= 11 is 0.